The highest BCUT2D eigenvalue weighted by molar-refractivity contribution is 6.05. The molecular formula is C31H28N2O4. The first-order chi connectivity index (χ1) is 17.8. The van der Waals surface area contributed by atoms with Gasteiger partial charge in [0.1, 0.15) is 5.75 Å². The summed E-state index contributed by atoms with van der Waals surface area (Å²) >= 11 is 0. The highest BCUT2D eigenvalue weighted by Crippen LogP contribution is 2.46. The number of likely N-dealkylation sites (N-methyl/N-ethyl adjacent to an activating group) is 1. The summed E-state index contributed by atoms with van der Waals surface area (Å²) in [5.41, 5.74) is 5.26. The third-order valence-corrected chi connectivity index (χ3v) is 6.91. The SMILES string of the molecule is COc1ccc(-c2cc(C(=O)OCC(=O)C=C3N(C)c4ccccc4C3(C)C)c3ccccc3n2)cc1. The molecule has 0 atom stereocenters. The van der Waals surface area contributed by atoms with E-state index in [4.69, 9.17) is 14.5 Å². The predicted octanol–water partition coefficient (Wildman–Crippen LogP) is 5.95. The topological polar surface area (TPSA) is 68.7 Å². The second kappa shape index (κ2) is 9.54. The van der Waals surface area contributed by atoms with E-state index in [1.807, 2.05) is 78.7 Å². The van der Waals surface area contributed by atoms with Gasteiger partial charge in [0.2, 0.25) is 0 Å². The Morgan fingerprint density at radius 2 is 1.68 bits per heavy atom. The lowest BCUT2D eigenvalue weighted by atomic mass is 9.83. The zero-order chi connectivity index (χ0) is 26.2. The van der Waals surface area contributed by atoms with E-state index in [2.05, 4.69) is 19.9 Å². The quantitative estimate of drug-likeness (QED) is 0.245. The Morgan fingerprint density at radius 1 is 0.973 bits per heavy atom. The van der Waals surface area contributed by atoms with E-state index in [-0.39, 0.29) is 17.8 Å². The van der Waals surface area contributed by atoms with Gasteiger partial charge in [-0.2, -0.15) is 0 Å². The zero-order valence-corrected chi connectivity index (χ0v) is 21.3. The highest BCUT2D eigenvalue weighted by Gasteiger charge is 2.38. The van der Waals surface area contributed by atoms with Crippen molar-refractivity contribution in [2.75, 3.05) is 25.7 Å². The van der Waals surface area contributed by atoms with Crippen molar-refractivity contribution in [3.63, 3.8) is 0 Å². The molecule has 0 N–H and O–H groups in total. The molecule has 0 fully saturated rings. The summed E-state index contributed by atoms with van der Waals surface area (Å²) in [6, 6.07) is 24.7. The number of esters is 1. The number of carbonyl (C=O) groups is 2. The molecule has 5 rings (SSSR count). The molecule has 0 spiro atoms. The molecular weight excluding hydrogens is 464 g/mol. The Balaban J connectivity index is 1.39. The summed E-state index contributed by atoms with van der Waals surface area (Å²) in [6.45, 7) is 3.83. The summed E-state index contributed by atoms with van der Waals surface area (Å²) in [6.07, 6.45) is 1.58. The largest absolute Gasteiger partial charge is 0.497 e. The summed E-state index contributed by atoms with van der Waals surface area (Å²) < 4.78 is 10.8. The number of allylic oxidation sites excluding steroid dienone is 1. The van der Waals surface area contributed by atoms with Gasteiger partial charge in [-0.3, -0.25) is 4.79 Å². The van der Waals surface area contributed by atoms with Crippen LogP contribution in [0.3, 0.4) is 0 Å². The van der Waals surface area contributed by atoms with Crippen molar-refractivity contribution in [3.8, 4) is 17.0 Å². The standard InChI is InChI=1S/C31H28N2O4/c1-31(2)25-10-6-8-12-28(25)33(3)29(31)17-21(34)19-37-30(35)24-18-27(20-13-15-22(36-4)16-14-20)32-26-11-7-5-9-23(24)26/h5-18H,19H2,1-4H3. The van der Waals surface area contributed by atoms with Gasteiger partial charge in [0, 0.05) is 40.9 Å². The van der Waals surface area contributed by atoms with Crippen molar-refractivity contribution in [3.05, 3.63) is 102 Å². The zero-order valence-electron chi connectivity index (χ0n) is 21.3. The Kier molecular flexibility index (Phi) is 6.25. The lowest BCUT2D eigenvalue weighted by Crippen LogP contribution is -2.25. The number of ketones is 1. The maximum absolute atomic E-state index is 13.2. The third kappa shape index (κ3) is 4.47. The number of para-hydroxylation sites is 2. The Morgan fingerprint density at radius 3 is 2.41 bits per heavy atom. The average molecular weight is 493 g/mol. The number of fused-ring (bicyclic) bond motifs is 2. The van der Waals surface area contributed by atoms with E-state index in [9.17, 15) is 9.59 Å². The molecule has 0 saturated carbocycles. The number of anilines is 1. The molecule has 3 aromatic carbocycles. The van der Waals surface area contributed by atoms with Crippen LogP contribution in [0.2, 0.25) is 0 Å². The van der Waals surface area contributed by atoms with Gasteiger partial charge in [-0.25, -0.2) is 9.78 Å². The molecule has 37 heavy (non-hydrogen) atoms. The van der Waals surface area contributed by atoms with Crippen LogP contribution in [0.5, 0.6) is 5.75 Å². The molecule has 1 aromatic heterocycles. The maximum atomic E-state index is 13.2. The molecule has 6 nitrogen and oxygen atoms in total. The van der Waals surface area contributed by atoms with Gasteiger partial charge in [-0.1, -0.05) is 50.2 Å². The molecule has 1 aliphatic rings. The molecule has 0 unspecified atom stereocenters. The van der Waals surface area contributed by atoms with Crippen molar-refractivity contribution < 1.29 is 19.1 Å². The van der Waals surface area contributed by atoms with Crippen LogP contribution in [-0.2, 0) is 14.9 Å². The van der Waals surface area contributed by atoms with Crippen LogP contribution >= 0.6 is 0 Å². The van der Waals surface area contributed by atoms with E-state index in [1.165, 1.54) is 0 Å². The molecule has 4 aromatic rings. The van der Waals surface area contributed by atoms with E-state index in [0.717, 1.165) is 28.3 Å². The first kappa shape index (κ1) is 24.3. The molecule has 2 heterocycles. The number of carbonyl (C=O) groups excluding carboxylic acids is 2. The third-order valence-electron chi connectivity index (χ3n) is 6.91. The summed E-state index contributed by atoms with van der Waals surface area (Å²) in [5, 5.41) is 0.669. The fourth-order valence-corrected chi connectivity index (χ4v) is 4.92. The van der Waals surface area contributed by atoms with E-state index in [0.29, 0.717) is 22.2 Å². The maximum Gasteiger partial charge on any atom is 0.339 e. The summed E-state index contributed by atoms with van der Waals surface area (Å²) in [7, 11) is 3.56. The Bertz CT molecular complexity index is 1540. The predicted molar refractivity (Wildman–Crippen MR) is 145 cm³/mol. The van der Waals surface area contributed by atoms with Gasteiger partial charge < -0.3 is 14.4 Å². The molecule has 6 heteroatoms. The number of ether oxygens (including phenoxy) is 2. The van der Waals surface area contributed by atoms with E-state index >= 15 is 0 Å². The minimum Gasteiger partial charge on any atom is -0.497 e. The number of hydrogen-bond donors (Lipinski definition) is 0. The monoisotopic (exact) mass is 492 g/mol. The fraction of sp³-hybridized carbons (Fsp3) is 0.194. The molecule has 1 aliphatic heterocycles. The van der Waals surface area contributed by atoms with E-state index in [1.54, 1.807) is 19.3 Å². The van der Waals surface area contributed by atoms with Crippen LogP contribution in [0.4, 0.5) is 5.69 Å². The number of hydrogen-bond acceptors (Lipinski definition) is 6. The van der Waals surface area contributed by atoms with Gasteiger partial charge in [0.15, 0.2) is 12.4 Å². The Hall–Kier alpha value is -4.45. The molecule has 0 bridgehead atoms. The smallest absolute Gasteiger partial charge is 0.339 e. The van der Waals surface area contributed by atoms with Crippen molar-refractivity contribution in [1.29, 1.82) is 0 Å². The molecule has 186 valence electrons. The second-order valence-electron chi connectivity index (χ2n) is 9.57. The molecule has 0 radical (unpaired) electrons. The average Bonchev–Trinajstić information content (AvgIpc) is 3.11. The first-order valence-electron chi connectivity index (χ1n) is 12.1. The van der Waals surface area contributed by atoms with Crippen molar-refractivity contribution in [2.24, 2.45) is 0 Å². The number of methoxy groups -OCH3 is 1. The Labute approximate surface area is 216 Å². The van der Waals surface area contributed by atoms with Crippen molar-refractivity contribution in [1.82, 2.24) is 4.98 Å². The minimum absolute atomic E-state index is 0.273. The van der Waals surface area contributed by atoms with Gasteiger partial charge in [0.05, 0.1) is 23.9 Å². The number of pyridine rings is 1. The number of benzene rings is 3. The summed E-state index contributed by atoms with van der Waals surface area (Å²) in [4.78, 5) is 32.9. The van der Waals surface area contributed by atoms with Gasteiger partial charge >= 0.3 is 5.97 Å². The first-order valence-corrected chi connectivity index (χ1v) is 12.1. The fourth-order valence-electron chi connectivity index (χ4n) is 4.92. The van der Waals surface area contributed by atoms with Crippen LogP contribution in [0.25, 0.3) is 22.2 Å². The molecule has 0 amide bonds. The van der Waals surface area contributed by atoms with Gasteiger partial charge in [0.25, 0.3) is 0 Å². The van der Waals surface area contributed by atoms with E-state index < -0.39 is 5.97 Å². The van der Waals surface area contributed by atoms with Crippen molar-refractivity contribution in [2.45, 2.75) is 19.3 Å². The molecule has 0 saturated heterocycles. The minimum atomic E-state index is -0.567. The number of aromatic nitrogens is 1. The van der Waals surface area contributed by atoms with Gasteiger partial charge in [-0.05, 0) is 48.0 Å². The van der Waals surface area contributed by atoms with Crippen LogP contribution in [0.1, 0.15) is 29.8 Å². The summed E-state index contributed by atoms with van der Waals surface area (Å²) in [5.74, 6) is -0.108. The lowest BCUT2D eigenvalue weighted by molar-refractivity contribution is -0.117. The lowest BCUT2D eigenvalue weighted by Gasteiger charge is -2.23. The molecule has 0 aliphatic carbocycles. The van der Waals surface area contributed by atoms with Crippen LogP contribution in [-0.4, -0.2) is 37.5 Å². The number of rotatable bonds is 6. The van der Waals surface area contributed by atoms with Crippen LogP contribution in [0, 0.1) is 0 Å². The van der Waals surface area contributed by atoms with Crippen LogP contribution < -0.4 is 9.64 Å². The van der Waals surface area contributed by atoms with Gasteiger partial charge in [-0.15, -0.1) is 0 Å². The number of nitrogens with zero attached hydrogens (tertiary/aromatic N) is 2. The van der Waals surface area contributed by atoms with Crippen molar-refractivity contribution >= 4 is 28.3 Å². The second-order valence-corrected chi connectivity index (χ2v) is 9.57. The highest BCUT2D eigenvalue weighted by atomic mass is 16.5. The van der Waals surface area contributed by atoms with Crippen LogP contribution in [0.15, 0.2) is 90.6 Å². The normalized spacial score (nSPS) is 15.0.